The van der Waals surface area contributed by atoms with Gasteiger partial charge in [0.1, 0.15) is 0 Å². The molecule has 3 atom stereocenters. The fourth-order valence-electron chi connectivity index (χ4n) is 4.05. The molecule has 2 aliphatic heterocycles. The van der Waals surface area contributed by atoms with Crippen LogP contribution in [0.2, 0.25) is 0 Å². The normalized spacial score (nSPS) is 27.7. The molecule has 0 bridgehead atoms. The van der Waals surface area contributed by atoms with Crippen molar-refractivity contribution >= 4 is 5.69 Å². The summed E-state index contributed by atoms with van der Waals surface area (Å²) in [5.41, 5.74) is 2.79. The maximum atomic E-state index is 3.39. The summed E-state index contributed by atoms with van der Waals surface area (Å²) >= 11 is 0. The maximum Gasteiger partial charge on any atom is 0.0389 e. The van der Waals surface area contributed by atoms with Crippen LogP contribution in [0.5, 0.6) is 0 Å². The van der Waals surface area contributed by atoms with Gasteiger partial charge in [0.25, 0.3) is 0 Å². The highest BCUT2D eigenvalue weighted by molar-refractivity contribution is 5.50. The number of nitrogens with one attached hydrogen (secondary N) is 1. The molecule has 0 radical (unpaired) electrons. The largest absolute Gasteiger partial charge is 0.366 e. The first-order chi connectivity index (χ1) is 10.2. The minimum Gasteiger partial charge on any atom is -0.366 e. The molecule has 0 saturated carbocycles. The molecule has 3 unspecified atom stereocenters. The zero-order chi connectivity index (χ0) is 14.8. The molecule has 21 heavy (non-hydrogen) atoms. The van der Waals surface area contributed by atoms with Crippen molar-refractivity contribution in [3.8, 4) is 0 Å². The molecule has 3 heteroatoms. The van der Waals surface area contributed by atoms with E-state index in [0.717, 1.165) is 12.5 Å². The Kier molecular flexibility index (Phi) is 4.51. The predicted molar refractivity (Wildman–Crippen MR) is 89.9 cm³/mol. The molecular formula is C18H29N3. The number of fused-ring (bicyclic) bond motifs is 1. The summed E-state index contributed by atoms with van der Waals surface area (Å²) < 4.78 is 0. The van der Waals surface area contributed by atoms with Gasteiger partial charge in [-0.25, -0.2) is 0 Å². The molecule has 2 saturated heterocycles. The summed E-state index contributed by atoms with van der Waals surface area (Å²) in [5, 5.41) is 3.39. The van der Waals surface area contributed by atoms with E-state index in [9.17, 15) is 0 Å². The van der Waals surface area contributed by atoms with Crippen molar-refractivity contribution in [1.82, 2.24) is 10.2 Å². The molecule has 3 nitrogen and oxygen atoms in total. The standard InChI is InChI=1S/C18H29N3/c1-4-18(19-3)15-7-9-16(10-8-15)21-13-17-6-5-11-20(17)12-14(21)2/h7-10,14,17-19H,4-6,11-13H2,1-3H3. The van der Waals surface area contributed by atoms with Crippen molar-refractivity contribution in [1.29, 1.82) is 0 Å². The van der Waals surface area contributed by atoms with Gasteiger partial charge in [-0.15, -0.1) is 0 Å². The molecule has 0 aliphatic carbocycles. The Bertz CT molecular complexity index is 452. The molecule has 3 rings (SSSR count). The van der Waals surface area contributed by atoms with Gasteiger partial charge in [0.05, 0.1) is 0 Å². The Morgan fingerprint density at radius 3 is 2.67 bits per heavy atom. The lowest BCUT2D eigenvalue weighted by molar-refractivity contribution is 0.203. The van der Waals surface area contributed by atoms with Crippen molar-refractivity contribution < 1.29 is 0 Å². The number of hydrogen-bond donors (Lipinski definition) is 1. The molecule has 0 aromatic heterocycles. The summed E-state index contributed by atoms with van der Waals surface area (Å²) in [7, 11) is 2.05. The number of piperazine rings is 1. The lowest BCUT2D eigenvalue weighted by Crippen LogP contribution is -2.55. The zero-order valence-corrected chi connectivity index (χ0v) is 13.7. The van der Waals surface area contributed by atoms with Crippen LogP contribution in [0.1, 0.15) is 44.7 Å². The minimum atomic E-state index is 0.475. The van der Waals surface area contributed by atoms with Crippen LogP contribution >= 0.6 is 0 Å². The molecular weight excluding hydrogens is 258 g/mol. The highest BCUT2D eigenvalue weighted by Gasteiger charge is 2.34. The summed E-state index contributed by atoms with van der Waals surface area (Å²) in [5.74, 6) is 0. The Morgan fingerprint density at radius 2 is 2.00 bits per heavy atom. The molecule has 2 aliphatic rings. The van der Waals surface area contributed by atoms with Crippen molar-refractivity contribution in [2.75, 3.05) is 31.6 Å². The third kappa shape index (κ3) is 2.95. The van der Waals surface area contributed by atoms with Crippen molar-refractivity contribution in [2.24, 2.45) is 0 Å². The second kappa shape index (κ2) is 6.37. The summed E-state index contributed by atoms with van der Waals surface area (Å²) in [4.78, 5) is 5.29. The molecule has 2 fully saturated rings. The molecule has 1 N–H and O–H groups in total. The molecule has 116 valence electrons. The average Bonchev–Trinajstić information content (AvgIpc) is 2.95. The van der Waals surface area contributed by atoms with Crippen LogP contribution in [0, 0.1) is 0 Å². The van der Waals surface area contributed by atoms with Crippen LogP contribution in [0.4, 0.5) is 5.69 Å². The van der Waals surface area contributed by atoms with E-state index in [4.69, 9.17) is 0 Å². The fraction of sp³-hybridized carbons (Fsp3) is 0.667. The number of benzene rings is 1. The monoisotopic (exact) mass is 287 g/mol. The summed E-state index contributed by atoms with van der Waals surface area (Å²) in [6.07, 6.45) is 3.89. The van der Waals surface area contributed by atoms with E-state index in [-0.39, 0.29) is 0 Å². The van der Waals surface area contributed by atoms with E-state index in [1.54, 1.807) is 0 Å². The Labute approximate surface area is 129 Å². The van der Waals surface area contributed by atoms with Gasteiger partial charge in [-0.2, -0.15) is 0 Å². The number of anilines is 1. The van der Waals surface area contributed by atoms with Gasteiger partial charge in [0.2, 0.25) is 0 Å². The van der Waals surface area contributed by atoms with Crippen LogP contribution < -0.4 is 10.2 Å². The first-order valence-electron chi connectivity index (χ1n) is 8.50. The van der Waals surface area contributed by atoms with Crippen LogP contribution in [0.3, 0.4) is 0 Å². The van der Waals surface area contributed by atoms with Gasteiger partial charge in [0.15, 0.2) is 0 Å². The van der Waals surface area contributed by atoms with Crippen LogP contribution in [-0.4, -0.2) is 43.7 Å². The SMILES string of the molecule is CCC(NC)c1ccc(N2CC3CCCN3CC2C)cc1. The predicted octanol–water partition coefficient (Wildman–Crippen LogP) is 3.03. The molecule has 2 heterocycles. The summed E-state index contributed by atoms with van der Waals surface area (Å²) in [6.45, 7) is 8.33. The minimum absolute atomic E-state index is 0.475. The van der Waals surface area contributed by atoms with E-state index in [2.05, 4.69) is 53.2 Å². The zero-order valence-electron chi connectivity index (χ0n) is 13.7. The Morgan fingerprint density at radius 1 is 1.24 bits per heavy atom. The highest BCUT2D eigenvalue weighted by Crippen LogP contribution is 2.29. The molecule has 0 amide bonds. The fourth-order valence-corrected chi connectivity index (χ4v) is 4.05. The van der Waals surface area contributed by atoms with Gasteiger partial charge in [0, 0.05) is 36.9 Å². The number of hydrogen-bond acceptors (Lipinski definition) is 3. The van der Waals surface area contributed by atoms with Crippen molar-refractivity contribution in [2.45, 2.75) is 51.2 Å². The Balaban J connectivity index is 1.74. The van der Waals surface area contributed by atoms with Crippen molar-refractivity contribution in [3.05, 3.63) is 29.8 Å². The first kappa shape index (κ1) is 14.9. The third-order valence-corrected chi connectivity index (χ3v) is 5.32. The quantitative estimate of drug-likeness (QED) is 0.918. The molecule has 1 aromatic rings. The third-order valence-electron chi connectivity index (χ3n) is 5.32. The lowest BCUT2D eigenvalue weighted by Gasteiger charge is -2.43. The topological polar surface area (TPSA) is 18.5 Å². The second-order valence-corrected chi connectivity index (χ2v) is 6.63. The van der Waals surface area contributed by atoms with Gasteiger partial charge in [-0.1, -0.05) is 19.1 Å². The van der Waals surface area contributed by atoms with Crippen LogP contribution in [0.25, 0.3) is 0 Å². The van der Waals surface area contributed by atoms with Crippen LogP contribution in [0.15, 0.2) is 24.3 Å². The van der Waals surface area contributed by atoms with E-state index in [1.165, 1.54) is 43.7 Å². The van der Waals surface area contributed by atoms with E-state index in [0.29, 0.717) is 12.1 Å². The smallest absolute Gasteiger partial charge is 0.0389 e. The lowest BCUT2D eigenvalue weighted by atomic mass is 10.0. The highest BCUT2D eigenvalue weighted by atomic mass is 15.3. The molecule has 0 spiro atoms. The Hall–Kier alpha value is -1.06. The first-order valence-corrected chi connectivity index (χ1v) is 8.50. The summed E-state index contributed by atoms with van der Waals surface area (Å²) in [6, 6.07) is 11.1. The van der Waals surface area contributed by atoms with Gasteiger partial charge >= 0.3 is 0 Å². The van der Waals surface area contributed by atoms with Gasteiger partial charge in [-0.3, -0.25) is 4.90 Å². The van der Waals surface area contributed by atoms with E-state index in [1.807, 2.05) is 7.05 Å². The average molecular weight is 287 g/mol. The second-order valence-electron chi connectivity index (χ2n) is 6.63. The molecule has 1 aromatic carbocycles. The van der Waals surface area contributed by atoms with Crippen LogP contribution in [-0.2, 0) is 0 Å². The number of nitrogens with zero attached hydrogens (tertiary/aromatic N) is 2. The maximum absolute atomic E-state index is 3.39. The van der Waals surface area contributed by atoms with E-state index >= 15 is 0 Å². The van der Waals surface area contributed by atoms with Gasteiger partial charge < -0.3 is 10.2 Å². The van der Waals surface area contributed by atoms with Crippen molar-refractivity contribution in [3.63, 3.8) is 0 Å². The van der Waals surface area contributed by atoms with E-state index < -0.39 is 0 Å². The van der Waals surface area contributed by atoms with Gasteiger partial charge in [-0.05, 0) is 57.5 Å². The number of rotatable bonds is 4.